The molecule has 0 atom stereocenters. The van der Waals surface area contributed by atoms with Crippen LogP contribution in [0.5, 0.6) is 0 Å². The number of likely N-dealkylation sites (tertiary alicyclic amines) is 1. The van der Waals surface area contributed by atoms with Crippen molar-refractivity contribution in [3.63, 3.8) is 0 Å². The van der Waals surface area contributed by atoms with E-state index in [9.17, 15) is 18.4 Å². The van der Waals surface area contributed by atoms with Crippen LogP contribution in [0.15, 0.2) is 41.8 Å². The van der Waals surface area contributed by atoms with Crippen LogP contribution in [0.3, 0.4) is 0 Å². The first-order valence-electron chi connectivity index (χ1n) is 9.78. The van der Waals surface area contributed by atoms with Crippen LogP contribution < -0.4 is 5.32 Å². The summed E-state index contributed by atoms with van der Waals surface area (Å²) in [5.74, 6) is -2.64. The minimum atomic E-state index is -0.894. The number of hydrogen-bond acceptors (Lipinski definition) is 4. The van der Waals surface area contributed by atoms with Gasteiger partial charge in [-0.25, -0.2) is 13.8 Å². The lowest BCUT2D eigenvalue weighted by Crippen LogP contribution is -2.41. The molecule has 1 aliphatic heterocycles. The summed E-state index contributed by atoms with van der Waals surface area (Å²) in [6, 6.07) is 7.95. The Hall–Kier alpha value is -2.55. The molecule has 1 aromatic heterocycles. The Morgan fingerprint density at radius 1 is 1.09 bits per heavy atom. The molecule has 2 amide bonds. The average Bonchev–Trinajstić information content (AvgIpc) is 3.23. The quantitative estimate of drug-likeness (QED) is 0.491. The van der Waals surface area contributed by atoms with E-state index < -0.39 is 17.5 Å². The van der Waals surface area contributed by atoms with E-state index in [0.717, 1.165) is 12.1 Å². The van der Waals surface area contributed by atoms with Gasteiger partial charge in [0.1, 0.15) is 11.6 Å². The van der Waals surface area contributed by atoms with Crippen molar-refractivity contribution in [2.75, 3.05) is 18.4 Å². The third-order valence-electron chi connectivity index (χ3n) is 5.25. The van der Waals surface area contributed by atoms with E-state index in [4.69, 9.17) is 23.2 Å². The van der Waals surface area contributed by atoms with Gasteiger partial charge in [0, 0.05) is 41.0 Å². The van der Waals surface area contributed by atoms with Gasteiger partial charge in [-0.1, -0.05) is 23.2 Å². The van der Waals surface area contributed by atoms with Crippen LogP contribution in [0.1, 0.15) is 23.2 Å². The lowest BCUT2D eigenvalue weighted by Gasteiger charge is -2.31. The lowest BCUT2D eigenvalue weighted by molar-refractivity contribution is -0.121. The number of nitrogens with one attached hydrogen (secondary N) is 1. The van der Waals surface area contributed by atoms with Crippen LogP contribution in [0.4, 0.5) is 13.9 Å². The van der Waals surface area contributed by atoms with E-state index in [1.54, 1.807) is 23.6 Å². The zero-order valence-corrected chi connectivity index (χ0v) is 18.9. The number of amides is 2. The number of nitrogens with zero attached hydrogens (tertiary/aromatic N) is 2. The fourth-order valence-electron chi connectivity index (χ4n) is 3.53. The van der Waals surface area contributed by atoms with Gasteiger partial charge in [-0.15, -0.1) is 11.3 Å². The van der Waals surface area contributed by atoms with Gasteiger partial charge >= 0.3 is 0 Å². The molecular weight excluding hydrogens is 479 g/mol. The lowest BCUT2D eigenvalue weighted by atomic mass is 9.95. The van der Waals surface area contributed by atoms with E-state index in [1.165, 1.54) is 16.2 Å². The molecule has 2 aromatic carbocycles. The second-order valence-corrected chi connectivity index (χ2v) is 9.04. The van der Waals surface area contributed by atoms with Crippen molar-refractivity contribution in [3.05, 3.63) is 69.0 Å². The number of halogens is 4. The summed E-state index contributed by atoms with van der Waals surface area (Å²) >= 11 is 13.5. The molecule has 5 nitrogen and oxygen atoms in total. The fourth-order valence-corrected chi connectivity index (χ4v) is 4.63. The first kappa shape index (κ1) is 22.6. The van der Waals surface area contributed by atoms with Crippen molar-refractivity contribution in [1.29, 1.82) is 0 Å². The maximum atomic E-state index is 13.9. The highest BCUT2D eigenvalue weighted by atomic mass is 35.5. The van der Waals surface area contributed by atoms with Gasteiger partial charge < -0.3 is 10.2 Å². The van der Waals surface area contributed by atoms with Crippen molar-refractivity contribution in [1.82, 2.24) is 9.88 Å². The van der Waals surface area contributed by atoms with Crippen LogP contribution in [0.2, 0.25) is 10.0 Å². The summed E-state index contributed by atoms with van der Waals surface area (Å²) in [6.45, 7) is 0.601. The molecule has 166 valence electrons. The molecule has 0 spiro atoms. The highest BCUT2D eigenvalue weighted by Gasteiger charge is 2.29. The number of benzene rings is 2. The van der Waals surface area contributed by atoms with Gasteiger partial charge in [0.2, 0.25) is 5.91 Å². The number of carbonyl (C=O) groups excluding carboxylic acids is 2. The van der Waals surface area contributed by atoms with Crippen LogP contribution in [0, 0.1) is 17.6 Å². The van der Waals surface area contributed by atoms with Crippen LogP contribution in [-0.4, -0.2) is 34.8 Å². The van der Waals surface area contributed by atoms with Gasteiger partial charge in [0.25, 0.3) is 5.91 Å². The molecule has 1 aliphatic rings. The molecule has 2 heterocycles. The zero-order valence-electron chi connectivity index (χ0n) is 16.6. The maximum Gasteiger partial charge on any atom is 0.256 e. The predicted molar refractivity (Wildman–Crippen MR) is 121 cm³/mol. The molecule has 3 aromatic rings. The molecule has 1 saturated heterocycles. The zero-order chi connectivity index (χ0) is 22.8. The van der Waals surface area contributed by atoms with E-state index in [1.807, 2.05) is 0 Å². The predicted octanol–water partition coefficient (Wildman–Crippen LogP) is 5.89. The highest BCUT2D eigenvalue weighted by Crippen LogP contribution is 2.33. The Kier molecular flexibility index (Phi) is 6.74. The van der Waals surface area contributed by atoms with Gasteiger partial charge in [-0.05, 0) is 43.2 Å². The van der Waals surface area contributed by atoms with Crippen LogP contribution >= 0.6 is 34.5 Å². The van der Waals surface area contributed by atoms with E-state index in [2.05, 4.69) is 10.3 Å². The van der Waals surface area contributed by atoms with E-state index in [0.29, 0.717) is 58.4 Å². The molecule has 10 heteroatoms. The molecule has 32 heavy (non-hydrogen) atoms. The normalized spacial score (nSPS) is 14.4. The topological polar surface area (TPSA) is 62.3 Å². The molecule has 0 unspecified atom stereocenters. The molecule has 1 N–H and O–H groups in total. The number of thiazole rings is 1. The number of aromatic nitrogens is 1. The van der Waals surface area contributed by atoms with Gasteiger partial charge in [0.15, 0.2) is 5.13 Å². The summed E-state index contributed by atoms with van der Waals surface area (Å²) in [6.07, 6.45) is 0.859. The van der Waals surface area contributed by atoms with Crippen molar-refractivity contribution in [2.24, 2.45) is 5.92 Å². The number of hydrogen-bond donors (Lipinski definition) is 1. The molecule has 4 rings (SSSR count). The largest absolute Gasteiger partial charge is 0.339 e. The molecule has 0 bridgehead atoms. The number of rotatable bonds is 4. The first-order valence-corrected chi connectivity index (χ1v) is 11.4. The summed E-state index contributed by atoms with van der Waals surface area (Å²) in [5, 5.41) is 6.07. The van der Waals surface area contributed by atoms with Gasteiger partial charge in [0.05, 0.1) is 16.3 Å². The third-order valence-corrected chi connectivity index (χ3v) is 6.58. The molecule has 0 radical (unpaired) electrons. The Morgan fingerprint density at radius 2 is 1.84 bits per heavy atom. The molecule has 0 aliphatic carbocycles. The molecule has 0 saturated carbocycles. The van der Waals surface area contributed by atoms with Crippen molar-refractivity contribution in [2.45, 2.75) is 12.8 Å². The Balaban J connectivity index is 1.35. The van der Waals surface area contributed by atoms with Crippen molar-refractivity contribution in [3.8, 4) is 11.3 Å². The number of anilines is 1. The van der Waals surface area contributed by atoms with Gasteiger partial charge in [-0.3, -0.25) is 9.59 Å². The number of piperidine rings is 1. The standard InChI is InChI=1S/C22H17Cl2F2N3O2S/c23-13-1-4-17(24)16(9-13)19-11-32-22(27-19)28-20(30)12-5-7-29(8-6-12)21(31)15-3-2-14(25)10-18(15)26/h1-4,9-12H,5-8H2,(H,27,28,30). The van der Waals surface area contributed by atoms with Gasteiger partial charge in [-0.2, -0.15) is 0 Å². The van der Waals surface area contributed by atoms with E-state index in [-0.39, 0.29) is 17.4 Å². The Morgan fingerprint density at radius 3 is 2.56 bits per heavy atom. The maximum absolute atomic E-state index is 13.9. The average molecular weight is 496 g/mol. The fraction of sp³-hybridized carbons (Fsp3) is 0.227. The minimum absolute atomic E-state index is 0.177. The monoisotopic (exact) mass is 495 g/mol. The summed E-state index contributed by atoms with van der Waals surface area (Å²) < 4.78 is 27.0. The highest BCUT2D eigenvalue weighted by molar-refractivity contribution is 7.14. The second kappa shape index (κ2) is 9.52. The third kappa shape index (κ3) is 4.92. The van der Waals surface area contributed by atoms with E-state index >= 15 is 0 Å². The number of carbonyl (C=O) groups is 2. The Labute approximate surface area is 197 Å². The summed E-state index contributed by atoms with van der Waals surface area (Å²) in [7, 11) is 0. The Bertz CT molecular complexity index is 1180. The van der Waals surface area contributed by atoms with Crippen molar-refractivity contribution < 1.29 is 18.4 Å². The van der Waals surface area contributed by atoms with Crippen LogP contribution in [0.25, 0.3) is 11.3 Å². The molecular formula is C22H17Cl2F2N3O2S. The summed E-state index contributed by atoms with van der Waals surface area (Å²) in [5.41, 5.74) is 1.11. The van der Waals surface area contributed by atoms with Crippen LogP contribution in [-0.2, 0) is 4.79 Å². The minimum Gasteiger partial charge on any atom is -0.339 e. The smallest absolute Gasteiger partial charge is 0.256 e. The van der Waals surface area contributed by atoms with Crippen molar-refractivity contribution >= 4 is 51.5 Å². The SMILES string of the molecule is O=C(Nc1nc(-c2cc(Cl)ccc2Cl)cs1)C1CCN(C(=O)c2ccc(F)cc2F)CC1. The summed E-state index contributed by atoms with van der Waals surface area (Å²) in [4.78, 5) is 31.1. The first-order chi connectivity index (χ1) is 15.3. The second-order valence-electron chi connectivity index (χ2n) is 7.34. The molecule has 1 fully saturated rings.